The monoisotopic (exact) mass is 231 g/mol. The Hall–Kier alpha value is -2.04. The summed E-state index contributed by atoms with van der Waals surface area (Å²) in [4.78, 5) is 14.7. The van der Waals surface area contributed by atoms with Crippen molar-refractivity contribution in [2.75, 3.05) is 0 Å². The topological polar surface area (TPSA) is 70.9 Å². The maximum Gasteiger partial charge on any atom is 0.273 e. The molecular weight excluding hydrogens is 218 g/mol. The predicted molar refractivity (Wildman–Crippen MR) is 60.4 cm³/mol. The molecule has 1 aliphatic rings. The third-order valence-corrected chi connectivity index (χ3v) is 2.86. The molecule has 2 aromatic rings. The Balaban J connectivity index is 1.60. The van der Waals surface area contributed by atoms with Gasteiger partial charge in [-0.3, -0.25) is 4.79 Å². The lowest BCUT2D eigenvalue weighted by Crippen LogP contribution is -2.22. The number of hydrogen-bond acceptors (Lipinski definition) is 3. The minimum atomic E-state index is -0.193. The van der Waals surface area contributed by atoms with E-state index >= 15 is 0 Å². The SMILES string of the molecule is O=C(NCc1cc[nH]c1)c1cc(C2CC2)on1. The van der Waals surface area contributed by atoms with Crippen LogP contribution in [0, 0.1) is 0 Å². The highest BCUT2D eigenvalue weighted by Gasteiger charge is 2.28. The number of amides is 1. The Morgan fingerprint density at radius 3 is 3.18 bits per heavy atom. The molecule has 1 fully saturated rings. The van der Waals surface area contributed by atoms with Crippen LogP contribution in [0.25, 0.3) is 0 Å². The lowest BCUT2D eigenvalue weighted by atomic mass is 10.2. The molecule has 3 rings (SSSR count). The summed E-state index contributed by atoms with van der Waals surface area (Å²) in [5, 5.41) is 6.58. The number of hydrogen-bond donors (Lipinski definition) is 2. The molecule has 1 aliphatic carbocycles. The first-order valence-corrected chi connectivity index (χ1v) is 5.69. The number of nitrogens with zero attached hydrogens (tertiary/aromatic N) is 1. The Kier molecular flexibility index (Phi) is 2.44. The van der Waals surface area contributed by atoms with Crippen molar-refractivity contribution in [3.63, 3.8) is 0 Å². The van der Waals surface area contributed by atoms with Crippen LogP contribution in [0.15, 0.2) is 29.0 Å². The Bertz CT molecular complexity index is 512. The molecule has 0 aromatic carbocycles. The first-order chi connectivity index (χ1) is 8.33. The van der Waals surface area contributed by atoms with Gasteiger partial charge >= 0.3 is 0 Å². The van der Waals surface area contributed by atoms with Crippen molar-refractivity contribution >= 4 is 5.91 Å². The van der Waals surface area contributed by atoms with E-state index in [2.05, 4.69) is 15.5 Å². The summed E-state index contributed by atoms with van der Waals surface area (Å²) in [5.74, 6) is 1.12. The number of rotatable bonds is 4. The lowest BCUT2D eigenvalue weighted by molar-refractivity contribution is 0.0942. The van der Waals surface area contributed by atoms with E-state index < -0.39 is 0 Å². The van der Waals surface area contributed by atoms with Gasteiger partial charge in [0.15, 0.2) is 5.69 Å². The van der Waals surface area contributed by atoms with Crippen molar-refractivity contribution < 1.29 is 9.32 Å². The van der Waals surface area contributed by atoms with Gasteiger partial charge < -0.3 is 14.8 Å². The maximum atomic E-state index is 11.8. The van der Waals surface area contributed by atoms with Gasteiger partial charge in [0.1, 0.15) is 5.76 Å². The van der Waals surface area contributed by atoms with Crippen LogP contribution in [-0.4, -0.2) is 16.0 Å². The van der Waals surface area contributed by atoms with Crippen LogP contribution in [0.1, 0.15) is 40.6 Å². The van der Waals surface area contributed by atoms with Crippen molar-refractivity contribution in [3.05, 3.63) is 41.5 Å². The van der Waals surface area contributed by atoms with E-state index in [1.807, 2.05) is 18.5 Å². The quantitative estimate of drug-likeness (QED) is 0.843. The standard InChI is InChI=1S/C12H13N3O2/c16-12(14-7-8-3-4-13-6-8)10-5-11(17-15-10)9-1-2-9/h3-6,9,13H,1-2,7H2,(H,14,16). The van der Waals surface area contributed by atoms with Crippen LogP contribution in [0.3, 0.4) is 0 Å². The van der Waals surface area contributed by atoms with Gasteiger partial charge in [0.25, 0.3) is 5.91 Å². The van der Waals surface area contributed by atoms with Gasteiger partial charge in [-0.2, -0.15) is 0 Å². The summed E-state index contributed by atoms with van der Waals surface area (Å²) >= 11 is 0. The number of nitrogens with one attached hydrogen (secondary N) is 2. The fourth-order valence-corrected chi connectivity index (χ4v) is 1.70. The van der Waals surface area contributed by atoms with Crippen LogP contribution in [0.4, 0.5) is 0 Å². The average molecular weight is 231 g/mol. The van der Waals surface area contributed by atoms with Gasteiger partial charge in [-0.05, 0) is 24.5 Å². The number of aromatic amines is 1. The molecule has 2 N–H and O–H groups in total. The molecule has 17 heavy (non-hydrogen) atoms. The molecule has 0 atom stereocenters. The minimum absolute atomic E-state index is 0.193. The van der Waals surface area contributed by atoms with E-state index in [1.165, 1.54) is 0 Å². The molecule has 0 aliphatic heterocycles. The van der Waals surface area contributed by atoms with E-state index in [4.69, 9.17) is 4.52 Å². The first kappa shape index (κ1) is 10.1. The number of carbonyl (C=O) groups is 1. The van der Waals surface area contributed by atoms with E-state index in [0.29, 0.717) is 18.2 Å². The third-order valence-electron chi connectivity index (χ3n) is 2.86. The largest absolute Gasteiger partial charge is 0.367 e. The number of carbonyl (C=O) groups excluding carboxylic acids is 1. The van der Waals surface area contributed by atoms with Crippen LogP contribution in [-0.2, 0) is 6.54 Å². The van der Waals surface area contributed by atoms with Gasteiger partial charge in [0, 0.05) is 30.9 Å². The van der Waals surface area contributed by atoms with Crippen LogP contribution < -0.4 is 5.32 Å². The van der Waals surface area contributed by atoms with Gasteiger partial charge in [-0.15, -0.1) is 0 Å². The molecule has 0 saturated heterocycles. The van der Waals surface area contributed by atoms with Crippen LogP contribution in [0.5, 0.6) is 0 Å². The third kappa shape index (κ3) is 2.22. The molecule has 0 spiro atoms. The number of H-pyrrole nitrogens is 1. The summed E-state index contributed by atoms with van der Waals surface area (Å²) in [5.41, 5.74) is 1.40. The molecular formula is C12H13N3O2. The maximum absolute atomic E-state index is 11.8. The smallest absolute Gasteiger partial charge is 0.273 e. The molecule has 1 saturated carbocycles. The average Bonchev–Trinajstić information content (AvgIpc) is 2.88. The molecule has 0 radical (unpaired) electrons. The molecule has 0 unspecified atom stereocenters. The van der Waals surface area contributed by atoms with Gasteiger partial charge in [-0.1, -0.05) is 5.16 Å². The zero-order chi connectivity index (χ0) is 11.7. The van der Waals surface area contributed by atoms with Crippen LogP contribution >= 0.6 is 0 Å². The Morgan fingerprint density at radius 1 is 1.59 bits per heavy atom. The molecule has 2 heterocycles. The summed E-state index contributed by atoms with van der Waals surface area (Å²) in [6.45, 7) is 0.494. The fourth-order valence-electron chi connectivity index (χ4n) is 1.70. The second-order valence-corrected chi connectivity index (χ2v) is 4.29. The summed E-state index contributed by atoms with van der Waals surface area (Å²) in [6, 6.07) is 3.66. The first-order valence-electron chi connectivity index (χ1n) is 5.69. The zero-order valence-electron chi connectivity index (χ0n) is 9.27. The Morgan fingerprint density at radius 2 is 2.47 bits per heavy atom. The second kappa shape index (κ2) is 4.08. The summed E-state index contributed by atoms with van der Waals surface area (Å²) in [6.07, 6.45) is 5.95. The highest BCUT2D eigenvalue weighted by Crippen LogP contribution is 2.40. The van der Waals surface area contributed by atoms with Crippen molar-refractivity contribution in [2.45, 2.75) is 25.3 Å². The highest BCUT2D eigenvalue weighted by molar-refractivity contribution is 5.92. The highest BCUT2D eigenvalue weighted by atomic mass is 16.5. The van der Waals surface area contributed by atoms with Gasteiger partial charge in [0.05, 0.1) is 0 Å². The van der Waals surface area contributed by atoms with Crippen molar-refractivity contribution in [1.29, 1.82) is 0 Å². The zero-order valence-corrected chi connectivity index (χ0v) is 9.27. The van der Waals surface area contributed by atoms with Crippen LogP contribution in [0.2, 0.25) is 0 Å². The van der Waals surface area contributed by atoms with Gasteiger partial charge in [0.2, 0.25) is 0 Å². The van der Waals surface area contributed by atoms with E-state index in [-0.39, 0.29) is 5.91 Å². The Labute approximate surface area is 98.2 Å². The predicted octanol–water partition coefficient (Wildman–Crippen LogP) is 1.81. The summed E-state index contributed by atoms with van der Waals surface area (Å²) < 4.78 is 5.13. The van der Waals surface area contributed by atoms with Crippen molar-refractivity contribution in [2.24, 2.45) is 0 Å². The van der Waals surface area contributed by atoms with Gasteiger partial charge in [-0.25, -0.2) is 0 Å². The fraction of sp³-hybridized carbons (Fsp3) is 0.333. The van der Waals surface area contributed by atoms with E-state index in [0.717, 1.165) is 24.2 Å². The molecule has 1 amide bonds. The second-order valence-electron chi connectivity index (χ2n) is 4.29. The normalized spacial score (nSPS) is 14.8. The minimum Gasteiger partial charge on any atom is -0.367 e. The lowest BCUT2D eigenvalue weighted by Gasteiger charge is -1.99. The van der Waals surface area contributed by atoms with E-state index in [1.54, 1.807) is 6.07 Å². The molecule has 88 valence electrons. The molecule has 5 heteroatoms. The molecule has 5 nitrogen and oxygen atoms in total. The molecule has 2 aromatic heterocycles. The van der Waals surface area contributed by atoms with Crippen molar-refractivity contribution in [3.8, 4) is 0 Å². The number of aromatic nitrogens is 2. The van der Waals surface area contributed by atoms with E-state index in [9.17, 15) is 4.79 Å². The van der Waals surface area contributed by atoms with Crippen molar-refractivity contribution in [1.82, 2.24) is 15.5 Å². The molecule has 0 bridgehead atoms. The summed E-state index contributed by atoms with van der Waals surface area (Å²) in [7, 11) is 0.